The smallest absolute Gasteiger partial charge is 0.119 e. The first-order chi connectivity index (χ1) is 7.63. The van der Waals surface area contributed by atoms with Crippen LogP contribution in [-0.4, -0.2) is 25.2 Å². The summed E-state index contributed by atoms with van der Waals surface area (Å²) >= 11 is 0. The van der Waals surface area contributed by atoms with Gasteiger partial charge in [0.1, 0.15) is 5.75 Å². The number of hydrogen-bond acceptors (Lipinski definition) is 3. The van der Waals surface area contributed by atoms with Gasteiger partial charge in [-0.1, -0.05) is 12.1 Å². The van der Waals surface area contributed by atoms with Crippen LogP contribution >= 0.6 is 0 Å². The van der Waals surface area contributed by atoms with E-state index in [4.69, 9.17) is 10.5 Å². The monoisotopic (exact) mass is 220 g/mol. The van der Waals surface area contributed by atoms with Crippen molar-refractivity contribution in [1.82, 2.24) is 5.32 Å². The fraction of sp³-hybridized carbons (Fsp3) is 0.538. The lowest BCUT2D eigenvalue weighted by Crippen LogP contribution is -2.42. The van der Waals surface area contributed by atoms with E-state index in [1.165, 1.54) is 5.56 Å². The van der Waals surface area contributed by atoms with Gasteiger partial charge in [0.15, 0.2) is 0 Å². The van der Waals surface area contributed by atoms with Gasteiger partial charge >= 0.3 is 0 Å². The Hall–Kier alpha value is -1.06. The first kappa shape index (κ1) is 11.4. The molecule has 0 aromatic heterocycles. The molecule has 0 aliphatic carbocycles. The molecule has 0 saturated carbocycles. The lowest BCUT2D eigenvalue weighted by molar-refractivity contribution is 0.339. The highest BCUT2D eigenvalue weighted by Gasteiger charge is 2.36. The molecule has 1 saturated heterocycles. The van der Waals surface area contributed by atoms with Crippen LogP contribution in [0.3, 0.4) is 0 Å². The molecule has 0 radical (unpaired) electrons. The van der Waals surface area contributed by atoms with E-state index >= 15 is 0 Å². The minimum absolute atomic E-state index is 0.162. The maximum Gasteiger partial charge on any atom is 0.119 e. The predicted octanol–water partition coefficient (Wildman–Crippen LogP) is 1.49. The minimum atomic E-state index is -0.162. The Morgan fingerprint density at radius 1 is 1.56 bits per heavy atom. The van der Waals surface area contributed by atoms with Crippen molar-refractivity contribution in [3.8, 4) is 5.75 Å². The van der Waals surface area contributed by atoms with E-state index in [0.717, 1.165) is 18.8 Å². The molecule has 16 heavy (non-hydrogen) atoms. The van der Waals surface area contributed by atoms with Crippen molar-refractivity contribution in [2.45, 2.75) is 25.3 Å². The van der Waals surface area contributed by atoms with Crippen molar-refractivity contribution >= 4 is 0 Å². The summed E-state index contributed by atoms with van der Waals surface area (Å²) in [6.45, 7) is 6.62. The normalized spacial score (nSPS) is 29.3. The van der Waals surface area contributed by atoms with E-state index in [1.54, 1.807) is 0 Å². The zero-order valence-corrected chi connectivity index (χ0v) is 9.99. The van der Waals surface area contributed by atoms with E-state index in [1.807, 2.05) is 19.1 Å². The molecule has 1 fully saturated rings. The number of rotatable bonds is 3. The predicted molar refractivity (Wildman–Crippen MR) is 65.8 cm³/mol. The summed E-state index contributed by atoms with van der Waals surface area (Å²) in [7, 11) is 0. The molecule has 3 nitrogen and oxygen atoms in total. The lowest BCUT2D eigenvalue weighted by Gasteiger charge is -2.26. The van der Waals surface area contributed by atoms with E-state index in [9.17, 15) is 0 Å². The minimum Gasteiger partial charge on any atom is -0.494 e. The fourth-order valence-corrected chi connectivity index (χ4v) is 2.33. The molecular weight excluding hydrogens is 200 g/mol. The van der Waals surface area contributed by atoms with Gasteiger partial charge in [0, 0.05) is 24.5 Å². The van der Waals surface area contributed by atoms with Crippen molar-refractivity contribution < 1.29 is 4.74 Å². The first-order valence-electron chi connectivity index (χ1n) is 5.86. The zero-order chi connectivity index (χ0) is 11.6. The van der Waals surface area contributed by atoms with Gasteiger partial charge in [-0.15, -0.1) is 0 Å². The van der Waals surface area contributed by atoms with Crippen molar-refractivity contribution in [1.29, 1.82) is 0 Å². The Kier molecular flexibility index (Phi) is 3.17. The molecule has 0 bridgehead atoms. The number of nitrogens with one attached hydrogen (secondary N) is 1. The van der Waals surface area contributed by atoms with Crippen molar-refractivity contribution in [2.75, 3.05) is 19.7 Å². The second-order valence-electron chi connectivity index (χ2n) is 4.69. The van der Waals surface area contributed by atoms with Crippen molar-refractivity contribution in [3.63, 3.8) is 0 Å². The van der Waals surface area contributed by atoms with Crippen LogP contribution in [0.1, 0.15) is 25.3 Å². The Balaban J connectivity index is 2.23. The Labute approximate surface area is 97.0 Å². The SMILES string of the molecule is CCOc1cccc(C2CNCC2(C)N)c1. The third kappa shape index (κ3) is 2.20. The number of nitrogens with two attached hydrogens (primary N) is 1. The summed E-state index contributed by atoms with van der Waals surface area (Å²) in [5.74, 6) is 1.30. The molecule has 1 heterocycles. The van der Waals surface area contributed by atoms with Crippen LogP contribution in [0.15, 0.2) is 24.3 Å². The molecule has 3 heteroatoms. The van der Waals surface area contributed by atoms with Crippen LogP contribution < -0.4 is 15.8 Å². The van der Waals surface area contributed by atoms with Crippen LogP contribution in [0.2, 0.25) is 0 Å². The van der Waals surface area contributed by atoms with Crippen molar-refractivity contribution in [2.24, 2.45) is 5.73 Å². The van der Waals surface area contributed by atoms with Gasteiger partial charge in [-0.2, -0.15) is 0 Å². The van der Waals surface area contributed by atoms with E-state index in [2.05, 4.69) is 24.4 Å². The summed E-state index contributed by atoms with van der Waals surface area (Å²) in [4.78, 5) is 0. The molecule has 2 unspecified atom stereocenters. The largest absolute Gasteiger partial charge is 0.494 e. The molecule has 88 valence electrons. The zero-order valence-electron chi connectivity index (χ0n) is 9.99. The maximum absolute atomic E-state index is 6.27. The summed E-state index contributed by atoms with van der Waals surface area (Å²) in [5.41, 5.74) is 7.38. The van der Waals surface area contributed by atoms with Gasteiger partial charge < -0.3 is 15.8 Å². The average Bonchev–Trinajstić information content (AvgIpc) is 2.59. The topological polar surface area (TPSA) is 47.3 Å². The van der Waals surface area contributed by atoms with Crippen LogP contribution in [0.5, 0.6) is 5.75 Å². The molecule has 1 aromatic rings. The Bertz CT molecular complexity index is 363. The summed E-state index contributed by atoms with van der Waals surface area (Å²) in [6, 6.07) is 8.26. The van der Waals surface area contributed by atoms with Gasteiger partial charge in [0.05, 0.1) is 6.61 Å². The average molecular weight is 220 g/mol. The van der Waals surface area contributed by atoms with E-state index < -0.39 is 0 Å². The number of benzene rings is 1. The van der Waals surface area contributed by atoms with Crippen LogP contribution in [-0.2, 0) is 0 Å². The number of hydrogen-bond donors (Lipinski definition) is 2. The molecule has 3 N–H and O–H groups in total. The standard InChI is InChI=1S/C13H20N2O/c1-3-16-11-6-4-5-10(7-11)12-8-15-9-13(12,2)14/h4-7,12,15H,3,8-9,14H2,1-2H3. The Morgan fingerprint density at radius 3 is 3.00 bits per heavy atom. The third-order valence-electron chi connectivity index (χ3n) is 3.22. The van der Waals surface area contributed by atoms with Gasteiger partial charge in [0.25, 0.3) is 0 Å². The summed E-state index contributed by atoms with van der Waals surface area (Å²) in [6.07, 6.45) is 0. The molecule has 0 amide bonds. The molecular formula is C13H20N2O. The third-order valence-corrected chi connectivity index (χ3v) is 3.22. The first-order valence-corrected chi connectivity index (χ1v) is 5.86. The molecule has 1 aliphatic rings. The molecule has 1 aromatic carbocycles. The highest BCUT2D eigenvalue weighted by molar-refractivity contribution is 5.34. The van der Waals surface area contributed by atoms with Crippen LogP contribution in [0.4, 0.5) is 0 Å². The van der Waals surface area contributed by atoms with E-state index in [0.29, 0.717) is 12.5 Å². The summed E-state index contributed by atoms with van der Waals surface area (Å²) in [5, 5.41) is 3.35. The quantitative estimate of drug-likeness (QED) is 0.811. The van der Waals surface area contributed by atoms with Gasteiger partial charge in [-0.3, -0.25) is 0 Å². The number of ether oxygens (including phenoxy) is 1. The van der Waals surface area contributed by atoms with Crippen molar-refractivity contribution in [3.05, 3.63) is 29.8 Å². The highest BCUT2D eigenvalue weighted by atomic mass is 16.5. The van der Waals surface area contributed by atoms with Gasteiger partial charge in [-0.25, -0.2) is 0 Å². The summed E-state index contributed by atoms with van der Waals surface area (Å²) < 4.78 is 5.51. The molecule has 2 atom stereocenters. The Morgan fingerprint density at radius 2 is 2.38 bits per heavy atom. The van der Waals surface area contributed by atoms with Crippen LogP contribution in [0, 0.1) is 0 Å². The second-order valence-corrected chi connectivity index (χ2v) is 4.69. The molecule has 2 rings (SSSR count). The lowest BCUT2D eigenvalue weighted by atomic mass is 9.84. The fourth-order valence-electron chi connectivity index (χ4n) is 2.33. The second kappa shape index (κ2) is 4.44. The van der Waals surface area contributed by atoms with Gasteiger partial charge in [-0.05, 0) is 31.5 Å². The highest BCUT2D eigenvalue weighted by Crippen LogP contribution is 2.31. The van der Waals surface area contributed by atoms with Crippen LogP contribution in [0.25, 0.3) is 0 Å². The van der Waals surface area contributed by atoms with Gasteiger partial charge in [0.2, 0.25) is 0 Å². The molecule has 0 spiro atoms. The molecule has 1 aliphatic heterocycles. The van der Waals surface area contributed by atoms with E-state index in [-0.39, 0.29) is 5.54 Å². The maximum atomic E-state index is 6.27.